The van der Waals surface area contributed by atoms with Crippen molar-refractivity contribution in [3.63, 3.8) is 0 Å². The number of nitrogens with zero attached hydrogens (tertiary/aromatic N) is 4. The summed E-state index contributed by atoms with van der Waals surface area (Å²) in [6.45, 7) is 2.07. The van der Waals surface area contributed by atoms with Crippen LogP contribution >= 0.6 is 11.3 Å². The van der Waals surface area contributed by atoms with Gasteiger partial charge in [-0.05, 0) is 36.8 Å². The van der Waals surface area contributed by atoms with Crippen LogP contribution in [0.4, 0.5) is 10.8 Å². The second-order valence-electron chi connectivity index (χ2n) is 5.00. The van der Waals surface area contributed by atoms with Gasteiger partial charge in [-0.3, -0.25) is 4.98 Å². The van der Waals surface area contributed by atoms with Crippen molar-refractivity contribution in [1.29, 1.82) is 0 Å². The number of imidazole rings is 1. The molecule has 0 atom stereocenters. The standard InChI is InChI=1S/C16H13N5S/c1-11-4-2-6-13(8-11)18-15-20-21-10-14(19-16(21)22-15)12-5-3-7-17-9-12/h2-10H,1H3,(H,18,20). The number of hydrogen-bond acceptors (Lipinski definition) is 5. The average molecular weight is 307 g/mol. The van der Waals surface area contributed by atoms with Crippen molar-refractivity contribution < 1.29 is 0 Å². The molecule has 1 aromatic carbocycles. The first kappa shape index (κ1) is 13.0. The van der Waals surface area contributed by atoms with Gasteiger partial charge >= 0.3 is 0 Å². The predicted molar refractivity (Wildman–Crippen MR) is 88.6 cm³/mol. The van der Waals surface area contributed by atoms with Crippen molar-refractivity contribution in [2.75, 3.05) is 5.32 Å². The number of anilines is 2. The van der Waals surface area contributed by atoms with Crippen LogP contribution in [0.3, 0.4) is 0 Å². The molecule has 4 rings (SSSR count). The van der Waals surface area contributed by atoms with Crippen molar-refractivity contribution in [3.8, 4) is 11.3 Å². The molecular formula is C16H13N5S. The van der Waals surface area contributed by atoms with Gasteiger partial charge in [0.2, 0.25) is 10.1 Å². The smallest absolute Gasteiger partial charge is 0.214 e. The molecule has 0 spiro atoms. The third kappa shape index (κ3) is 2.44. The topological polar surface area (TPSA) is 55.1 Å². The van der Waals surface area contributed by atoms with E-state index in [1.165, 1.54) is 16.9 Å². The molecule has 0 aliphatic carbocycles. The molecule has 0 aliphatic rings. The molecule has 6 heteroatoms. The minimum Gasteiger partial charge on any atom is -0.330 e. The maximum Gasteiger partial charge on any atom is 0.214 e. The molecule has 1 N–H and O–H groups in total. The van der Waals surface area contributed by atoms with Gasteiger partial charge in [0.05, 0.1) is 11.9 Å². The van der Waals surface area contributed by atoms with Crippen molar-refractivity contribution in [2.24, 2.45) is 0 Å². The molecular weight excluding hydrogens is 294 g/mol. The highest BCUT2D eigenvalue weighted by Crippen LogP contribution is 2.26. The van der Waals surface area contributed by atoms with E-state index >= 15 is 0 Å². The van der Waals surface area contributed by atoms with Gasteiger partial charge in [0.25, 0.3) is 0 Å². The quantitative estimate of drug-likeness (QED) is 0.623. The zero-order chi connectivity index (χ0) is 14.9. The molecule has 0 amide bonds. The normalized spacial score (nSPS) is 11.0. The molecule has 0 aliphatic heterocycles. The summed E-state index contributed by atoms with van der Waals surface area (Å²) in [5.74, 6) is 0. The number of aromatic nitrogens is 4. The summed E-state index contributed by atoms with van der Waals surface area (Å²) in [4.78, 5) is 9.58. The lowest BCUT2D eigenvalue weighted by atomic mass is 10.2. The number of rotatable bonds is 3. The molecule has 0 fully saturated rings. The number of pyridine rings is 1. The molecule has 0 saturated carbocycles. The maximum absolute atomic E-state index is 4.60. The molecule has 0 saturated heterocycles. The molecule has 0 bridgehead atoms. The lowest BCUT2D eigenvalue weighted by Crippen LogP contribution is -1.91. The molecule has 22 heavy (non-hydrogen) atoms. The minimum atomic E-state index is 0.825. The van der Waals surface area contributed by atoms with Gasteiger partial charge in [-0.15, -0.1) is 5.10 Å². The molecule has 4 aromatic rings. The van der Waals surface area contributed by atoms with Crippen molar-refractivity contribution in [3.05, 3.63) is 60.6 Å². The van der Waals surface area contributed by atoms with Crippen LogP contribution in [-0.4, -0.2) is 19.6 Å². The van der Waals surface area contributed by atoms with Crippen LogP contribution in [0.15, 0.2) is 55.0 Å². The molecule has 0 radical (unpaired) electrons. The Hall–Kier alpha value is -2.73. The Morgan fingerprint density at radius 1 is 1.18 bits per heavy atom. The number of fused-ring (bicyclic) bond motifs is 1. The second kappa shape index (κ2) is 5.23. The van der Waals surface area contributed by atoms with Crippen LogP contribution in [0.25, 0.3) is 16.2 Å². The van der Waals surface area contributed by atoms with Gasteiger partial charge in [0.1, 0.15) is 0 Å². The van der Waals surface area contributed by atoms with Crippen LogP contribution in [0.2, 0.25) is 0 Å². The molecule has 3 aromatic heterocycles. The number of benzene rings is 1. The van der Waals surface area contributed by atoms with Crippen molar-refractivity contribution in [2.45, 2.75) is 6.92 Å². The zero-order valence-electron chi connectivity index (χ0n) is 11.9. The van der Waals surface area contributed by atoms with E-state index < -0.39 is 0 Å². The minimum absolute atomic E-state index is 0.825. The van der Waals surface area contributed by atoms with Gasteiger partial charge in [0.15, 0.2) is 0 Å². The number of nitrogens with one attached hydrogen (secondary N) is 1. The van der Waals surface area contributed by atoms with E-state index in [0.29, 0.717) is 0 Å². The molecule has 0 unspecified atom stereocenters. The zero-order valence-corrected chi connectivity index (χ0v) is 12.7. The monoisotopic (exact) mass is 307 g/mol. The summed E-state index contributed by atoms with van der Waals surface area (Å²) in [6, 6.07) is 12.1. The van der Waals surface area contributed by atoms with Crippen LogP contribution in [0.1, 0.15) is 5.56 Å². The average Bonchev–Trinajstić information content (AvgIpc) is 3.06. The summed E-state index contributed by atoms with van der Waals surface area (Å²) in [5.41, 5.74) is 4.12. The number of hydrogen-bond donors (Lipinski definition) is 1. The van der Waals surface area contributed by atoms with E-state index in [-0.39, 0.29) is 0 Å². The van der Waals surface area contributed by atoms with Gasteiger partial charge in [-0.25, -0.2) is 9.50 Å². The number of aryl methyl sites for hydroxylation is 1. The fourth-order valence-electron chi connectivity index (χ4n) is 2.25. The maximum atomic E-state index is 4.60. The molecule has 5 nitrogen and oxygen atoms in total. The second-order valence-corrected chi connectivity index (χ2v) is 5.95. The van der Waals surface area contributed by atoms with Crippen LogP contribution in [-0.2, 0) is 0 Å². The highest BCUT2D eigenvalue weighted by atomic mass is 32.1. The highest BCUT2D eigenvalue weighted by Gasteiger charge is 2.09. The Bertz CT molecular complexity index is 895. The Kier molecular flexibility index (Phi) is 3.08. The first-order valence-corrected chi connectivity index (χ1v) is 7.70. The first-order chi connectivity index (χ1) is 10.8. The van der Waals surface area contributed by atoms with E-state index in [0.717, 1.165) is 27.0 Å². The first-order valence-electron chi connectivity index (χ1n) is 6.88. The predicted octanol–water partition coefficient (Wildman–Crippen LogP) is 3.90. The van der Waals surface area contributed by atoms with E-state index in [1.807, 2.05) is 30.5 Å². The Balaban J connectivity index is 1.64. The van der Waals surface area contributed by atoms with E-state index in [1.54, 1.807) is 16.9 Å². The highest BCUT2D eigenvalue weighted by molar-refractivity contribution is 7.20. The summed E-state index contributed by atoms with van der Waals surface area (Å²) < 4.78 is 1.80. The van der Waals surface area contributed by atoms with Gasteiger partial charge in [0, 0.05) is 23.6 Å². The van der Waals surface area contributed by atoms with Gasteiger partial charge in [-0.1, -0.05) is 23.5 Å². The van der Waals surface area contributed by atoms with Crippen molar-refractivity contribution in [1.82, 2.24) is 19.6 Å². The van der Waals surface area contributed by atoms with Crippen LogP contribution in [0.5, 0.6) is 0 Å². The third-order valence-corrected chi connectivity index (χ3v) is 4.11. The van der Waals surface area contributed by atoms with Crippen LogP contribution in [0, 0.1) is 6.92 Å². The Labute approximate surface area is 131 Å². The third-order valence-electron chi connectivity index (χ3n) is 3.27. The molecule has 3 heterocycles. The summed E-state index contributed by atoms with van der Waals surface area (Å²) >= 11 is 1.52. The van der Waals surface area contributed by atoms with Gasteiger partial charge < -0.3 is 5.32 Å². The Morgan fingerprint density at radius 2 is 2.14 bits per heavy atom. The fourth-order valence-corrected chi connectivity index (χ4v) is 3.05. The van der Waals surface area contributed by atoms with Gasteiger partial charge in [-0.2, -0.15) is 0 Å². The largest absolute Gasteiger partial charge is 0.330 e. The van der Waals surface area contributed by atoms with Crippen LogP contribution < -0.4 is 5.32 Å². The molecule has 108 valence electrons. The lowest BCUT2D eigenvalue weighted by molar-refractivity contribution is 0.978. The Morgan fingerprint density at radius 3 is 2.91 bits per heavy atom. The summed E-state index contributed by atoms with van der Waals surface area (Å²) in [7, 11) is 0. The van der Waals surface area contributed by atoms with Crippen molar-refractivity contribution >= 4 is 27.1 Å². The van der Waals surface area contributed by atoms with E-state index in [4.69, 9.17) is 0 Å². The van der Waals surface area contributed by atoms with E-state index in [9.17, 15) is 0 Å². The SMILES string of the molecule is Cc1cccc(Nc2nn3cc(-c4cccnc4)nc3s2)c1. The van der Waals surface area contributed by atoms with E-state index in [2.05, 4.69) is 39.4 Å². The lowest BCUT2D eigenvalue weighted by Gasteiger charge is -2.02. The summed E-state index contributed by atoms with van der Waals surface area (Å²) in [6.07, 6.45) is 5.48. The summed E-state index contributed by atoms with van der Waals surface area (Å²) in [5, 5.41) is 8.66. The fraction of sp³-hybridized carbons (Fsp3) is 0.0625.